The number of para-hydroxylation sites is 2. The molecule has 6 aromatic rings. The first-order chi connectivity index (χ1) is 14.3. The van der Waals surface area contributed by atoms with E-state index in [4.69, 9.17) is 0 Å². The van der Waals surface area contributed by atoms with Crippen molar-refractivity contribution in [3.8, 4) is 11.1 Å². The number of H-pyrrole nitrogens is 2. The molecular formula is C25H15N3O. The maximum atomic E-state index is 9.90. The summed E-state index contributed by atoms with van der Waals surface area (Å²) in [6, 6.07) is 25.0. The van der Waals surface area contributed by atoms with Crippen LogP contribution in [0.4, 0.5) is 0 Å². The highest BCUT2D eigenvalue weighted by Crippen LogP contribution is 2.48. The Kier molecular flexibility index (Phi) is 2.60. The van der Waals surface area contributed by atoms with Crippen molar-refractivity contribution in [1.29, 1.82) is 0 Å². The fourth-order valence-corrected chi connectivity index (χ4v) is 5.05. The first-order valence-corrected chi connectivity index (χ1v) is 9.65. The lowest BCUT2D eigenvalue weighted by atomic mass is 9.95. The van der Waals surface area contributed by atoms with Crippen LogP contribution in [0.25, 0.3) is 54.7 Å². The Morgan fingerprint density at radius 1 is 0.552 bits per heavy atom. The second-order valence-corrected chi connectivity index (χ2v) is 7.61. The molecular weight excluding hydrogens is 358 g/mol. The topological polar surface area (TPSA) is 64.2 Å². The molecule has 7 rings (SSSR count). The summed E-state index contributed by atoms with van der Waals surface area (Å²) in [5.74, 6) is 0. The van der Waals surface area contributed by atoms with Crippen LogP contribution in [0.2, 0.25) is 0 Å². The summed E-state index contributed by atoms with van der Waals surface area (Å²) in [5, 5.41) is 18.3. The molecule has 0 amide bonds. The molecule has 4 aromatic carbocycles. The van der Waals surface area contributed by atoms with Gasteiger partial charge in [0.2, 0.25) is 0 Å². The molecule has 0 saturated heterocycles. The number of hydrogen-bond acceptors (Lipinski definition) is 2. The Labute approximate surface area is 165 Å². The van der Waals surface area contributed by atoms with Gasteiger partial charge in [0, 0.05) is 65.9 Å². The number of hydrogen-bond donors (Lipinski definition) is 3. The Morgan fingerprint density at radius 3 is 1.52 bits per heavy atom. The molecule has 0 saturated carbocycles. The van der Waals surface area contributed by atoms with Crippen molar-refractivity contribution in [1.82, 2.24) is 9.97 Å². The fourth-order valence-electron chi connectivity index (χ4n) is 5.05. The molecule has 4 heteroatoms. The molecule has 2 heterocycles. The van der Waals surface area contributed by atoms with E-state index in [9.17, 15) is 5.21 Å². The van der Waals surface area contributed by atoms with Crippen LogP contribution in [0, 0.1) is 0 Å². The first-order valence-electron chi connectivity index (χ1n) is 9.65. The Morgan fingerprint density at radius 2 is 1.03 bits per heavy atom. The number of aromatic amines is 2. The zero-order chi connectivity index (χ0) is 19.1. The SMILES string of the molecule is ON=C1c2ccc3[nH]c4ccccc4c3c2-c2c1ccc1[nH]c3ccccc3c21. The van der Waals surface area contributed by atoms with Crippen molar-refractivity contribution in [2.75, 3.05) is 0 Å². The van der Waals surface area contributed by atoms with Gasteiger partial charge in [-0.1, -0.05) is 41.6 Å². The number of nitrogens with one attached hydrogen (secondary N) is 2. The zero-order valence-corrected chi connectivity index (χ0v) is 15.3. The van der Waals surface area contributed by atoms with Gasteiger partial charge in [-0.3, -0.25) is 0 Å². The standard InChI is InChI=1S/C25H15N3O/c29-28-25-15-9-11-19-21(13-5-1-3-7-17(13)26-19)23(15)24-16(25)10-12-20-22(24)14-6-2-4-8-18(14)27-20/h1-12,26-27,29H. The van der Waals surface area contributed by atoms with E-state index in [0.29, 0.717) is 5.71 Å². The van der Waals surface area contributed by atoms with E-state index in [0.717, 1.165) is 44.3 Å². The number of rotatable bonds is 0. The largest absolute Gasteiger partial charge is 0.410 e. The summed E-state index contributed by atoms with van der Waals surface area (Å²) < 4.78 is 0. The fraction of sp³-hybridized carbons (Fsp3) is 0. The van der Waals surface area contributed by atoms with Crippen molar-refractivity contribution >= 4 is 49.3 Å². The van der Waals surface area contributed by atoms with Crippen LogP contribution in [0.1, 0.15) is 11.1 Å². The summed E-state index contributed by atoms with van der Waals surface area (Å²) >= 11 is 0. The summed E-state index contributed by atoms with van der Waals surface area (Å²) in [4.78, 5) is 7.08. The molecule has 3 N–H and O–H groups in total. The lowest BCUT2D eigenvalue weighted by molar-refractivity contribution is 0.320. The quantitative estimate of drug-likeness (QED) is 0.216. The van der Waals surface area contributed by atoms with Crippen molar-refractivity contribution in [2.45, 2.75) is 0 Å². The molecule has 136 valence electrons. The third-order valence-electron chi connectivity index (χ3n) is 6.20. The van der Waals surface area contributed by atoms with Crippen molar-refractivity contribution in [3.63, 3.8) is 0 Å². The molecule has 0 unspecified atom stereocenters. The van der Waals surface area contributed by atoms with E-state index in [1.54, 1.807) is 0 Å². The van der Waals surface area contributed by atoms with Gasteiger partial charge in [-0.25, -0.2) is 0 Å². The molecule has 1 aliphatic rings. The van der Waals surface area contributed by atoms with Crippen LogP contribution < -0.4 is 0 Å². The van der Waals surface area contributed by atoms with Gasteiger partial charge >= 0.3 is 0 Å². The van der Waals surface area contributed by atoms with Crippen LogP contribution >= 0.6 is 0 Å². The Bertz CT molecular complexity index is 1540. The second kappa shape index (κ2) is 5.06. The Balaban J connectivity index is 1.79. The predicted molar refractivity (Wildman–Crippen MR) is 118 cm³/mol. The van der Waals surface area contributed by atoms with E-state index < -0.39 is 0 Å². The highest BCUT2D eigenvalue weighted by Gasteiger charge is 2.31. The minimum absolute atomic E-state index is 0.634. The van der Waals surface area contributed by atoms with Gasteiger partial charge in [-0.05, 0) is 36.4 Å². The van der Waals surface area contributed by atoms with E-state index in [-0.39, 0.29) is 0 Å². The molecule has 0 atom stereocenters. The maximum Gasteiger partial charge on any atom is 0.118 e. The molecule has 0 spiro atoms. The van der Waals surface area contributed by atoms with Crippen molar-refractivity contribution in [3.05, 3.63) is 83.9 Å². The number of aromatic nitrogens is 2. The van der Waals surface area contributed by atoms with Crippen molar-refractivity contribution in [2.24, 2.45) is 5.16 Å². The van der Waals surface area contributed by atoms with E-state index in [1.165, 1.54) is 21.5 Å². The van der Waals surface area contributed by atoms with Gasteiger partial charge in [0.1, 0.15) is 5.71 Å². The van der Waals surface area contributed by atoms with E-state index in [1.807, 2.05) is 12.1 Å². The van der Waals surface area contributed by atoms with Crippen LogP contribution in [-0.2, 0) is 0 Å². The number of fused-ring (bicyclic) bond motifs is 11. The van der Waals surface area contributed by atoms with Gasteiger partial charge in [0.15, 0.2) is 0 Å². The minimum atomic E-state index is 0.634. The summed E-state index contributed by atoms with van der Waals surface area (Å²) in [6.07, 6.45) is 0. The van der Waals surface area contributed by atoms with Crippen LogP contribution in [0.5, 0.6) is 0 Å². The molecule has 0 aliphatic heterocycles. The van der Waals surface area contributed by atoms with Crippen LogP contribution in [0.3, 0.4) is 0 Å². The monoisotopic (exact) mass is 373 g/mol. The summed E-state index contributed by atoms with van der Waals surface area (Å²) in [5.41, 5.74) is 9.25. The lowest BCUT2D eigenvalue weighted by Gasteiger charge is -2.06. The molecule has 0 fully saturated rings. The summed E-state index contributed by atoms with van der Waals surface area (Å²) in [7, 11) is 0. The number of nitrogens with zero attached hydrogens (tertiary/aromatic N) is 1. The van der Waals surface area contributed by atoms with Crippen LogP contribution in [0.15, 0.2) is 78.0 Å². The van der Waals surface area contributed by atoms with Crippen LogP contribution in [-0.4, -0.2) is 20.9 Å². The smallest absolute Gasteiger partial charge is 0.118 e. The van der Waals surface area contributed by atoms with E-state index in [2.05, 4.69) is 75.8 Å². The third kappa shape index (κ3) is 1.72. The number of oxime groups is 1. The maximum absolute atomic E-state index is 9.90. The lowest BCUT2D eigenvalue weighted by Crippen LogP contribution is -1.97. The number of benzene rings is 4. The van der Waals surface area contributed by atoms with Gasteiger partial charge in [-0.2, -0.15) is 0 Å². The molecule has 1 aliphatic carbocycles. The summed E-state index contributed by atoms with van der Waals surface area (Å²) in [6.45, 7) is 0. The molecule has 2 aromatic heterocycles. The first kappa shape index (κ1) is 14.9. The van der Waals surface area contributed by atoms with Gasteiger partial charge in [-0.15, -0.1) is 0 Å². The average Bonchev–Trinajstić information content (AvgIpc) is 3.41. The third-order valence-corrected chi connectivity index (χ3v) is 6.20. The van der Waals surface area contributed by atoms with Gasteiger partial charge < -0.3 is 15.2 Å². The van der Waals surface area contributed by atoms with Gasteiger partial charge in [0.05, 0.1) is 0 Å². The minimum Gasteiger partial charge on any atom is -0.410 e. The average molecular weight is 373 g/mol. The second-order valence-electron chi connectivity index (χ2n) is 7.61. The van der Waals surface area contributed by atoms with E-state index >= 15 is 0 Å². The van der Waals surface area contributed by atoms with Gasteiger partial charge in [0.25, 0.3) is 0 Å². The zero-order valence-electron chi connectivity index (χ0n) is 15.3. The highest BCUT2D eigenvalue weighted by molar-refractivity contribution is 6.35. The molecule has 0 radical (unpaired) electrons. The molecule has 4 nitrogen and oxygen atoms in total. The molecule has 29 heavy (non-hydrogen) atoms. The highest BCUT2D eigenvalue weighted by atomic mass is 16.4. The van der Waals surface area contributed by atoms with Crippen molar-refractivity contribution < 1.29 is 5.21 Å². The molecule has 0 bridgehead atoms. The Hall–Kier alpha value is -4.05. The predicted octanol–water partition coefficient (Wildman–Crippen LogP) is 6.16. The normalized spacial score (nSPS) is 12.9.